The van der Waals surface area contributed by atoms with E-state index in [1.54, 1.807) is 6.07 Å². The summed E-state index contributed by atoms with van der Waals surface area (Å²) in [5.74, 6) is 0.293. The number of halogens is 1. The summed E-state index contributed by atoms with van der Waals surface area (Å²) < 4.78 is 18.2. The van der Waals surface area contributed by atoms with E-state index in [0.717, 1.165) is 5.56 Å². The minimum absolute atomic E-state index is 0.226. The lowest BCUT2D eigenvalue weighted by Crippen LogP contribution is -2.05. The molecule has 0 atom stereocenters. The molecule has 96 valence electrons. The number of nitrogens with two attached hydrogens (primary N) is 1. The quantitative estimate of drug-likeness (QED) is 0.809. The second-order valence-corrected chi connectivity index (χ2v) is 3.85. The van der Waals surface area contributed by atoms with Gasteiger partial charge >= 0.3 is 6.01 Å². The van der Waals surface area contributed by atoms with Crippen LogP contribution in [0.15, 0.2) is 28.7 Å². The topological polar surface area (TPSA) is 77.0 Å². The van der Waals surface area contributed by atoms with Crippen LogP contribution in [0.3, 0.4) is 0 Å². The Bertz CT molecular complexity index is 500. The third-order valence-corrected chi connectivity index (χ3v) is 2.40. The van der Waals surface area contributed by atoms with E-state index in [0.29, 0.717) is 37.8 Å². The van der Waals surface area contributed by atoms with Gasteiger partial charge in [-0.1, -0.05) is 17.2 Å². The van der Waals surface area contributed by atoms with E-state index in [2.05, 4.69) is 15.5 Å². The highest BCUT2D eigenvalue weighted by atomic mass is 19.1. The summed E-state index contributed by atoms with van der Waals surface area (Å²) >= 11 is 0. The van der Waals surface area contributed by atoms with Crippen LogP contribution in [-0.4, -0.2) is 23.3 Å². The molecule has 0 unspecified atom stereocenters. The van der Waals surface area contributed by atoms with Crippen molar-refractivity contribution in [1.82, 2.24) is 10.2 Å². The van der Waals surface area contributed by atoms with Crippen molar-refractivity contribution in [3.8, 4) is 0 Å². The molecule has 0 fully saturated rings. The molecule has 0 amide bonds. The van der Waals surface area contributed by atoms with Crippen molar-refractivity contribution in [3.05, 3.63) is 41.5 Å². The third kappa shape index (κ3) is 3.53. The van der Waals surface area contributed by atoms with Gasteiger partial charge in [-0.25, -0.2) is 4.39 Å². The number of hydrogen-bond acceptors (Lipinski definition) is 5. The van der Waals surface area contributed by atoms with Crippen molar-refractivity contribution in [3.63, 3.8) is 0 Å². The fourth-order valence-electron chi connectivity index (χ4n) is 1.56. The molecule has 2 rings (SSSR count). The number of nitrogens with zero attached hydrogens (tertiary/aromatic N) is 2. The van der Waals surface area contributed by atoms with Gasteiger partial charge in [-0.2, -0.15) is 0 Å². The maximum absolute atomic E-state index is 12.9. The Balaban J connectivity index is 1.81. The second-order valence-electron chi connectivity index (χ2n) is 3.85. The van der Waals surface area contributed by atoms with Crippen molar-refractivity contribution in [2.24, 2.45) is 5.73 Å². The van der Waals surface area contributed by atoms with Gasteiger partial charge in [0.15, 0.2) is 0 Å². The van der Waals surface area contributed by atoms with Crippen LogP contribution in [0.1, 0.15) is 11.5 Å². The Kier molecular flexibility index (Phi) is 4.25. The van der Waals surface area contributed by atoms with Gasteiger partial charge < -0.3 is 15.5 Å². The molecule has 0 spiro atoms. The first kappa shape index (κ1) is 12.5. The van der Waals surface area contributed by atoms with E-state index >= 15 is 0 Å². The number of nitrogens with one attached hydrogen (secondary N) is 1. The minimum Gasteiger partial charge on any atom is -0.408 e. The predicted molar refractivity (Wildman–Crippen MR) is 65.7 cm³/mol. The zero-order chi connectivity index (χ0) is 12.8. The first-order chi connectivity index (χ1) is 8.78. The highest BCUT2D eigenvalue weighted by molar-refractivity contribution is 5.21. The summed E-state index contributed by atoms with van der Waals surface area (Å²) in [7, 11) is 0. The maximum Gasteiger partial charge on any atom is 0.315 e. The molecule has 18 heavy (non-hydrogen) atoms. The molecular formula is C12H15FN4O. The first-order valence-corrected chi connectivity index (χ1v) is 5.78. The fraction of sp³-hybridized carbons (Fsp3) is 0.333. The summed E-state index contributed by atoms with van der Waals surface area (Å²) in [6.07, 6.45) is 1.25. The number of aromatic nitrogens is 2. The van der Waals surface area contributed by atoms with Crippen molar-refractivity contribution >= 4 is 6.01 Å². The van der Waals surface area contributed by atoms with E-state index in [4.69, 9.17) is 10.2 Å². The Morgan fingerprint density at radius 2 is 2.17 bits per heavy atom. The van der Waals surface area contributed by atoms with Crippen LogP contribution >= 0.6 is 0 Å². The number of hydrogen-bond donors (Lipinski definition) is 2. The van der Waals surface area contributed by atoms with Crippen LogP contribution in [0.5, 0.6) is 0 Å². The van der Waals surface area contributed by atoms with Crippen molar-refractivity contribution in [2.45, 2.75) is 12.8 Å². The smallest absolute Gasteiger partial charge is 0.315 e. The van der Waals surface area contributed by atoms with Gasteiger partial charge in [-0.15, -0.1) is 5.10 Å². The molecule has 2 aromatic rings. The SMILES string of the molecule is NCCc1nnc(NCCc2cccc(F)c2)o1. The van der Waals surface area contributed by atoms with Gasteiger partial charge in [-0.3, -0.25) is 0 Å². The lowest BCUT2D eigenvalue weighted by atomic mass is 10.1. The highest BCUT2D eigenvalue weighted by Gasteiger charge is 2.04. The summed E-state index contributed by atoms with van der Waals surface area (Å²) in [6.45, 7) is 1.08. The molecule has 5 nitrogen and oxygen atoms in total. The van der Waals surface area contributed by atoms with Gasteiger partial charge in [0.05, 0.1) is 0 Å². The molecule has 0 aliphatic rings. The van der Waals surface area contributed by atoms with Gasteiger partial charge in [0.25, 0.3) is 0 Å². The Labute approximate surface area is 104 Å². The monoisotopic (exact) mass is 250 g/mol. The molecule has 0 aliphatic carbocycles. The fourth-order valence-corrected chi connectivity index (χ4v) is 1.56. The van der Waals surface area contributed by atoms with E-state index in [-0.39, 0.29) is 5.82 Å². The average Bonchev–Trinajstić information content (AvgIpc) is 2.78. The molecule has 1 aromatic heterocycles. The second kappa shape index (κ2) is 6.11. The first-order valence-electron chi connectivity index (χ1n) is 5.78. The highest BCUT2D eigenvalue weighted by Crippen LogP contribution is 2.07. The zero-order valence-corrected chi connectivity index (χ0v) is 9.90. The molecule has 0 saturated heterocycles. The lowest BCUT2D eigenvalue weighted by Gasteiger charge is -2.01. The molecule has 0 bridgehead atoms. The normalized spacial score (nSPS) is 10.6. The summed E-state index contributed by atoms with van der Waals surface area (Å²) in [4.78, 5) is 0. The summed E-state index contributed by atoms with van der Waals surface area (Å²) in [5, 5.41) is 10.6. The van der Waals surface area contributed by atoms with Crippen molar-refractivity contribution in [2.75, 3.05) is 18.4 Å². The van der Waals surface area contributed by atoms with Crippen molar-refractivity contribution < 1.29 is 8.81 Å². The van der Waals surface area contributed by atoms with Crippen LogP contribution in [0.2, 0.25) is 0 Å². The molecular weight excluding hydrogens is 235 g/mol. The number of anilines is 1. The standard InChI is InChI=1S/C12H15FN4O/c13-10-3-1-2-9(8-10)5-7-15-12-17-16-11(18-12)4-6-14/h1-3,8H,4-7,14H2,(H,15,17). The van der Waals surface area contributed by atoms with E-state index in [1.807, 2.05) is 6.07 Å². The molecule has 0 aliphatic heterocycles. The molecule has 1 heterocycles. The minimum atomic E-state index is -0.226. The largest absolute Gasteiger partial charge is 0.408 e. The molecule has 0 saturated carbocycles. The maximum atomic E-state index is 12.9. The van der Waals surface area contributed by atoms with Gasteiger partial charge in [0.2, 0.25) is 5.89 Å². The van der Waals surface area contributed by atoms with Crippen LogP contribution in [-0.2, 0) is 12.8 Å². The zero-order valence-electron chi connectivity index (χ0n) is 9.90. The molecule has 0 radical (unpaired) electrons. The molecule has 3 N–H and O–H groups in total. The lowest BCUT2D eigenvalue weighted by molar-refractivity contribution is 0.506. The van der Waals surface area contributed by atoms with Gasteiger partial charge in [0.1, 0.15) is 5.82 Å². The Morgan fingerprint density at radius 3 is 2.94 bits per heavy atom. The Hall–Kier alpha value is -1.95. The van der Waals surface area contributed by atoms with Crippen LogP contribution in [0, 0.1) is 5.82 Å². The molecule has 1 aromatic carbocycles. The summed E-state index contributed by atoms with van der Waals surface area (Å²) in [6, 6.07) is 6.87. The van der Waals surface area contributed by atoms with Crippen molar-refractivity contribution in [1.29, 1.82) is 0 Å². The van der Waals surface area contributed by atoms with E-state index in [9.17, 15) is 4.39 Å². The predicted octanol–water partition coefficient (Wildman–Crippen LogP) is 1.36. The summed E-state index contributed by atoms with van der Waals surface area (Å²) in [5.41, 5.74) is 6.30. The average molecular weight is 250 g/mol. The van der Waals surface area contributed by atoms with E-state index in [1.165, 1.54) is 12.1 Å². The van der Waals surface area contributed by atoms with Gasteiger partial charge in [-0.05, 0) is 24.1 Å². The molecule has 6 heteroatoms. The van der Waals surface area contributed by atoms with Crippen LogP contribution in [0.4, 0.5) is 10.4 Å². The van der Waals surface area contributed by atoms with Crippen LogP contribution < -0.4 is 11.1 Å². The van der Waals surface area contributed by atoms with E-state index < -0.39 is 0 Å². The number of benzene rings is 1. The third-order valence-electron chi connectivity index (χ3n) is 2.40. The number of rotatable bonds is 6. The van der Waals surface area contributed by atoms with Crippen LogP contribution in [0.25, 0.3) is 0 Å². The Morgan fingerprint density at radius 1 is 1.28 bits per heavy atom. The van der Waals surface area contributed by atoms with Gasteiger partial charge in [0, 0.05) is 19.5 Å².